The van der Waals surface area contributed by atoms with E-state index in [1.165, 1.54) is 10.8 Å². The standard InChI is InChI=1S/C11H16N2O4/c1-3-17-9(10(14)15)4-5-13-7-8(2)6-12-11(13)16/h6-7,9H,3-5H2,1-2H3,(H,14,15). The third kappa shape index (κ3) is 3.99. The largest absolute Gasteiger partial charge is 0.479 e. The van der Waals surface area contributed by atoms with Gasteiger partial charge in [0.2, 0.25) is 0 Å². The minimum atomic E-state index is -1.01. The Bertz CT molecular complexity index is 441. The van der Waals surface area contributed by atoms with Crippen LogP contribution in [0.3, 0.4) is 0 Å². The first kappa shape index (κ1) is 13.4. The van der Waals surface area contributed by atoms with Gasteiger partial charge in [-0.1, -0.05) is 0 Å². The first-order valence-corrected chi connectivity index (χ1v) is 5.42. The van der Waals surface area contributed by atoms with E-state index in [4.69, 9.17) is 9.84 Å². The molecular weight excluding hydrogens is 224 g/mol. The summed E-state index contributed by atoms with van der Waals surface area (Å²) in [5.74, 6) is -1.01. The molecule has 0 radical (unpaired) electrons. The summed E-state index contributed by atoms with van der Waals surface area (Å²) in [5, 5.41) is 8.88. The first-order valence-electron chi connectivity index (χ1n) is 5.42. The van der Waals surface area contributed by atoms with Crippen LogP contribution in [0.5, 0.6) is 0 Å². The van der Waals surface area contributed by atoms with Crippen molar-refractivity contribution in [1.29, 1.82) is 0 Å². The van der Waals surface area contributed by atoms with Gasteiger partial charge in [-0.25, -0.2) is 14.6 Å². The van der Waals surface area contributed by atoms with Crippen molar-refractivity contribution in [3.63, 3.8) is 0 Å². The zero-order valence-electron chi connectivity index (χ0n) is 9.92. The Balaban J connectivity index is 2.68. The van der Waals surface area contributed by atoms with E-state index in [2.05, 4.69) is 4.98 Å². The number of hydrogen-bond acceptors (Lipinski definition) is 4. The van der Waals surface area contributed by atoms with Crippen molar-refractivity contribution >= 4 is 5.97 Å². The fraction of sp³-hybridized carbons (Fsp3) is 0.545. The Hall–Kier alpha value is -1.69. The number of aliphatic carboxylic acids is 1. The molecule has 0 spiro atoms. The smallest absolute Gasteiger partial charge is 0.347 e. The van der Waals surface area contributed by atoms with Gasteiger partial charge in [-0.3, -0.25) is 4.57 Å². The number of hydrogen-bond donors (Lipinski definition) is 1. The number of rotatable bonds is 6. The van der Waals surface area contributed by atoms with Crippen molar-refractivity contribution in [3.8, 4) is 0 Å². The molecule has 0 saturated heterocycles. The number of aromatic nitrogens is 2. The molecule has 6 heteroatoms. The van der Waals surface area contributed by atoms with Gasteiger partial charge in [0.25, 0.3) is 0 Å². The summed E-state index contributed by atoms with van der Waals surface area (Å²) in [6.45, 7) is 4.17. The predicted molar refractivity (Wildman–Crippen MR) is 60.9 cm³/mol. The van der Waals surface area contributed by atoms with E-state index in [1.807, 2.05) is 6.92 Å². The van der Waals surface area contributed by atoms with Gasteiger partial charge in [0.15, 0.2) is 6.10 Å². The van der Waals surface area contributed by atoms with Crippen LogP contribution in [0.2, 0.25) is 0 Å². The lowest BCUT2D eigenvalue weighted by Crippen LogP contribution is -2.29. The van der Waals surface area contributed by atoms with Crippen LogP contribution in [0, 0.1) is 6.92 Å². The highest BCUT2D eigenvalue weighted by Gasteiger charge is 2.17. The summed E-state index contributed by atoms with van der Waals surface area (Å²) in [5.41, 5.74) is 0.476. The molecule has 0 aliphatic heterocycles. The summed E-state index contributed by atoms with van der Waals surface area (Å²) < 4.78 is 6.45. The molecule has 0 aliphatic rings. The molecule has 1 aromatic rings. The minimum absolute atomic E-state index is 0.244. The highest BCUT2D eigenvalue weighted by Crippen LogP contribution is 2.01. The number of ether oxygens (including phenoxy) is 1. The molecule has 6 nitrogen and oxygen atoms in total. The number of nitrogens with zero attached hydrogens (tertiary/aromatic N) is 2. The summed E-state index contributed by atoms with van der Waals surface area (Å²) in [7, 11) is 0. The van der Waals surface area contributed by atoms with Gasteiger partial charge in [0.05, 0.1) is 0 Å². The second kappa shape index (κ2) is 6.15. The lowest BCUT2D eigenvalue weighted by molar-refractivity contribution is -0.150. The monoisotopic (exact) mass is 240 g/mol. The highest BCUT2D eigenvalue weighted by molar-refractivity contribution is 5.72. The second-order valence-electron chi connectivity index (χ2n) is 3.68. The van der Waals surface area contributed by atoms with Gasteiger partial charge < -0.3 is 9.84 Å². The van der Waals surface area contributed by atoms with E-state index < -0.39 is 12.1 Å². The Kier molecular flexibility index (Phi) is 4.84. The summed E-state index contributed by atoms with van der Waals surface area (Å²) in [6, 6.07) is 0. The van der Waals surface area contributed by atoms with Crippen LogP contribution >= 0.6 is 0 Å². The van der Waals surface area contributed by atoms with Gasteiger partial charge in [-0.2, -0.15) is 0 Å². The average Bonchev–Trinajstić information content (AvgIpc) is 2.28. The molecule has 1 heterocycles. The average molecular weight is 240 g/mol. The van der Waals surface area contributed by atoms with Crippen LogP contribution < -0.4 is 5.69 Å². The molecule has 1 atom stereocenters. The van der Waals surface area contributed by atoms with Gasteiger partial charge in [0, 0.05) is 32.0 Å². The number of carbonyl (C=O) groups is 1. The van der Waals surface area contributed by atoms with Crippen LogP contribution in [0.15, 0.2) is 17.2 Å². The minimum Gasteiger partial charge on any atom is -0.479 e. The Morgan fingerprint density at radius 2 is 2.35 bits per heavy atom. The van der Waals surface area contributed by atoms with Crippen molar-refractivity contribution in [2.45, 2.75) is 32.9 Å². The van der Waals surface area contributed by atoms with Crippen molar-refractivity contribution in [2.24, 2.45) is 0 Å². The van der Waals surface area contributed by atoms with Gasteiger partial charge in [-0.05, 0) is 19.4 Å². The fourth-order valence-corrected chi connectivity index (χ4v) is 1.46. The van der Waals surface area contributed by atoms with Crippen LogP contribution in [0.25, 0.3) is 0 Å². The quantitative estimate of drug-likeness (QED) is 0.779. The zero-order valence-corrected chi connectivity index (χ0v) is 9.92. The van der Waals surface area contributed by atoms with Crippen molar-refractivity contribution in [1.82, 2.24) is 9.55 Å². The molecule has 17 heavy (non-hydrogen) atoms. The number of carboxylic acids is 1. The molecule has 1 aromatic heterocycles. The highest BCUT2D eigenvalue weighted by atomic mass is 16.5. The van der Waals surface area contributed by atoms with Crippen LogP contribution in [-0.2, 0) is 16.1 Å². The van der Waals surface area contributed by atoms with Gasteiger partial charge in [-0.15, -0.1) is 0 Å². The van der Waals surface area contributed by atoms with Crippen molar-refractivity contribution < 1.29 is 14.6 Å². The van der Waals surface area contributed by atoms with Gasteiger partial charge >= 0.3 is 11.7 Å². The molecule has 0 fully saturated rings. The third-order valence-corrected chi connectivity index (χ3v) is 2.26. The second-order valence-corrected chi connectivity index (χ2v) is 3.68. The van der Waals surface area contributed by atoms with E-state index in [0.29, 0.717) is 6.61 Å². The van der Waals surface area contributed by atoms with E-state index in [0.717, 1.165) is 5.56 Å². The lowest BCUT2D eigenvalue weighted by atomic mass is 10.2. The maximum atomic E-state index is 11.4. The first-order chi connectivity index (χ1) is 8.04. The lowest BCUT2D eigenvalue weighted by Gasteiger charge is -2.13. The molecule has 94 valence electrons. The maximum absolute atomic E-state index is 11.4. The molecule has 0 amide bonds. The fourth-order valence-electron chi connectivity index (χ4n) is 1.46. The Morgan fingerprint density at radius 1 is 1.65 bits per heavy atom. The number of carboxylic acid groups (broad SMARTS) is 1. The molecule has 0 aromatic carbocycles. The van der Waals surface area contributed by atoms with Crippen LogP contribution in [-0.4, -0.2) is 33.3 Å². The topological polar surface area (TPSA) is 81.4 Å². The molecular formula is C11H16N2O4. The van der Waals surface area contributed by atoms with E-state index in [1.54, 1.807) is 13.1 Å². The summed E-state index contributed by atoms with van der Waals surface area (Å²) in [6.07, 6.45) is 2.50. The van der Waals surface area contributed by atoms with Crippen LogP contribution in [0.4, 0.5) is 0 Å². The maximum Gasteiger partial charge on any atom is 0.347 e. The number of aryl methyl sites for hydroxylation is 2. The SMILES string of the molecule is CCOC(CCn1cc(C)cnc1=O)C(=O)O. The molecule has 0 saturated carbocycles. The summed E-state index contributed by atoms with van der Waals surface area (Å²) in [4.78, 5) is 25.9. The molecule has 0 bridgehead atoms. The third-order valence-electron chi connectivity index (χ3n) is 2.26. The van der Waals surface area contributed by atoms with Crippen molar-refractivity contribution in [2.75, 3.05) is 6.61 Å². The molecule has 1 rings (SSSR count). The zero-order chi connectivity index (χ0) is 12.8. The van der Waals surface area contributed by atoms with E-state index in [9.17, 15) is 9.59 Å². The Morgan fingerprint density at radius 3 is 2.94 bits per heavy atom. The van der Waals surface area contributed by atoms with Gasteiger partial charge in [0.1, 0.15) is 0 Å². The predicted octanol–water partition coefficient (Wildman–Crippen LogP) is 0.432. The molecule has 0 aliphatic carbocycles. The van der Waals surface area contributed by atoms with E-state index in [-0.39, 0.29) is 18.7 Å². The molecule has 1 unspecified atom stereocenters. The summed E-state index contributed by atoms with van der Waals surface area (Å²) >= 11 is 0. The normalized spacial score (nSPS) is 12.4. The van der Waals surface area contributed by atoms with Crippen LogP contribution in [0.1, 0.15) is 18.9 Å². The van der Waals surface area contributed by atoms with E-state index >= 15 is 0 Å². The Labute approximate surface area is 98.9 Å². The van der Waals surface area contributed by atoms with Crippen molar-refractivity contribution in [3.05, 3.63) is 28.4 Å². The molecule has 1 N–H and O–H groups in total.